The zero-order valence-corrected chi connectivity index (χ0v) is 10.3. The second-order valence-electron chi connectivity index (χ2n) is 3.76. The van der Waals surface area contributed by atoms with Crippen LogP contribution in [0.15, 0.2) is 30.5 Å². The van der Waals surface area contributed by atoms with Gasteiger partial charge in [-0.1, -0.05) is 13.0 Å². The normalized spacial score (nSPS) is 10.6. The van der Waals surface area contributed by atoms with Crippen LogP contribution in [0.25, 0.3) is 0 Å². The van der Waals surface area contributed by atoms with E-state index in [1.165, 1.54) is 15.3 Å². The lowest BCUT2D eigenvalue weighted by Crippen LogP contribution is -1.92. The highest BCUT2D eigenvalue weighted by Gasteiger charge is 2.01. The third-order valence-electron chi connectivity index (χ3n) is 2.57. The molecule has 2 aromatic rings. The molecule has 16 heavy (non-hydrogen) atoms. The van der Waals surface area contributed by atoms with Crippen molar-refractivity contribution in [1.82, 2.24) is 4.98 Å². The summed E-state index contributed by atoms with van der Waals surface area (Å²) in [6.45, 7) is 2.77. The Kier molecular flexibility index (Phi) is 3.70. The van der Waals surface area contributed by atoms with E-state index in [1.54, 1.807) is 11.3 Å². The number of pyridine rings is 1. The highest BCUT2D eigenvalue weighted by Crippen LogP contribution is 2.18. The number of nitrogens with zero attached hydrogens (tertiary/aromatic N) is 1. The van der Waals surface area contributed by atoms with Gasteiger partial charge in [0.1, 0.15) is 0 Å². The molecular formula is C13H16N2S. The molecule has 84 valence electrons. The van der Waals surface area contributed by atoms with E-state index in [1.807, 2.05) is 6.20 Å². The minimum Gasteiger partial charge on any atom is -0.326 e. The molecule has 0 amide bonds. The Labute approximate surface area is 100 Å². The van der Waals surface area contributed by atoms with Gasteiger partial charge < -0.3 is 5.73 Å². The number of hydrogen-bond donors (Lipinski definition) is 1. The maximum Gasteiger partial charge on any atom is 0.0455 e. The summed E-state index contributed by atoms with van der Waals surface area (Å²) in [7, 11) is 0. The zero-order chi connectivity index (χ0) is 11.4. The first-order valence-electron chi connectivity index (χ1n) is 5.53. The average Bonchev–Trinajstić information content (AvgIpc) is 2.78. The molecule has 0 unspecified atom stereocenters. The van der Waals surface area contributed by atoms with Crippen LogP contribution in [-0.4, -0.2) is 4.98 Å². The van der Waals surface area contributed by atoms with Crippen molar-refractivity contribution in [3.8, 4) is 0 Å². The molecule has 2 heterocycles. The van der Waals surface area contributed by atoms with Crippen molar-refractivity contribution in [2.75, 3.05) is 0 Å². The van der Waals surface area contributed by atoms with Gasteiger partial charge in [-0.25, -0.2) is 0 Å². The van der Waals surface area contributed by atoms with Crippen molar-refractivity contribution in [2.45, 2.75) is 26.3 Å². The largest absolute Gasteiger partial charge is 0.326 e. The summed E-state index contributed by atoms with van der Waals surface area (Å²) in [5.41, 5.74) is 8.01. The summed E-state index contributed by atoms with van der Waals surface area (Å²) < 4.78 is 0. The maximum absolute atomic E-state index is 5.59. The Bertz CT molecular complexity index is 445. The average molecular weight is 232 g/mol. The summed E-state index contributed by atoms with van der Waals surface area (Å²) in [5, 5.41) is 0. The summed E-state index contributed by atoms with van der Waals surface area (Å²) in [6, 6.07) is 8.50. The highest BCUT2D eigenvalue weighted by atomic mass is 32.1. The molecule has 0 bridgehead atoms. The quantitative estimate of drug-likeness (QED) is 0.880. The lowest BCUT2D eigenvalue weighted by molar-refractivity contribution is 1.04. The second-order valence-corrected chi connectivity index (χ2v) is 5.01. The van der Waals surface area contributed by atoms with Gasteiger partial charge in [0, 0.05) is 34.6 Å². The van der Waals surface area contributed by atoms with Gasteiger partial charge in [-0.2, -0.15) is 0 Å². The number of hydrogen-bond acceptors (Lipinski definition) is 3. The maximum atomic E-state index is 5.59. The Hall–Kier alpha value is -1.19. The van der Waals surface area contributed by atoms with E-state index in [0.717, 1.165) is 18.5 Å². The lowest BCUT2D eigenvalue weighted by atomic mass is 10.2. The fraction of sp³-hybridized carbons (Fsp3) is 0.308. The predicted octanol–water partition coefficient (Wildman–Crippen LogP) is 2.75. The number of aryl methyl sites for hydroxylation is 1. The molecule has 0 saturated heterocycles. The first kappa shape index (κ1) is 11.3. The number of thiophene rings is 1. The van der Waals surface area contributed by atoms with Crippen molar-refractivity contribution >= 4 is 11.3 Å². The third kappa shape index (κ3) is 2.68. The van der Waals surface area contributed by atoms with Gasteiger partial charge in [0.25, 0.3) is 0 Å². The molecular weight excluding hydrogens is 216 g/mol. The molecule has 2 N–H and O–H groups in total. The Morgan fingerprint density at radius 2 is 2.00 bits per heavy atom. The topological polar surface area (TPSA) is 38.9 Å². The summed E-state index contributed by atoms with van der Waals surface area (Å²) >= 11 is 1.77. The summed E-state index contributed by atoms with van der Waals surface area (Å²) in [6.07, 6.45) is 3.92. The monoisotopic (exact) mass is 232 g/mol. The van der Waals surface area contributed by atoms with Crippen LogP contribution in [0.2, 0.25) is 0 Å². The fourth-order valence-corrected chi connectivity index (χ4v) is 2.49. The van der Waals surface area contributed by atoms with Crippen molar-refractivity contribution in [3.05, 3.63) is 51.5 Å². The molecule has 2 nitrogen and oxygen atoms in total. The smallest absolute Gasteiger partial charge is 0.0455 e. The van der Waals surface area contributed by atoms with E-state index in [9.17, 15) is 0 Å². The van der Waals surface area contributed by atoms with Gasteiger partial charge in [-0.05, 0) is 30.2 Å². The summed E-state index contributed by atoms with van der Waals surface area (Å²) in [5.74, 6) is 0. The van der Waals surface area contributed by atoms with Crippen LogP contribution < -0.4 is 5.73 Å². The van der Waals surface area contributed by atoms with E-state index in [-0.39, 0.29) is 0 Å². The van der Waals surface area contributed by atoms with Crippen LogP contribution in [0.3, 0.4) is 0 Å². The molecule has 0 aliphatic rings. The Balaban J connectivity index is 2.08. The van der Waals surface area contributed by atoms with E-state index < -0.39 is 0 Å². The van der Waals surface area contributed by atoms with Gasteiger partial charge in [0.2, 0.25) is 0 Å². The minimum absolute atomic E-state index is 0.632. The second kappa shape index (κ2) is 5.23. The zero-order valence-electron chi connectivity index (χ0n) is 9.44. The minimum atomic E-state index is 0.632. The molecule has 0 fully saturated rings. The molecule has 0 aromatic carbocycles. The number of nitrogens with two attached hydrogens (primary N) is 1. The molecule has 0 aliphatic carbocycles. The number of aromatic nitrogens is 1. The van der Waals surface area contributed by atoms with Crippen LogP contribution >= 0.6 is 11.3 Å². The Morgan fingerprint density at radius 3 is 2.56 bits per heavy atom. The van der Waals surface area contributed by atoms with Gasteiger partial charge in [0.05, 0.1) is 0 Å². The first-order chi connectivity index (χ1) is 7.81. The van der Waals surface area contributed by atoms with Crippen LogP contribution in [-0.2, 0) is 19.4 Å². The van der Waals surface area contributed by atoms with E-state index in [2.05, 4.69) is 36.2 Å². The molecule has 0 saturated carbocycles. The van der Waals surface area contributed by atoms with Crippen molar-refractivity contribution in [3.63, 3.8) is 0 Å². The van der Waals surface area contributed by atoms with E-state index >= 15 is 0 Å². The molecule has 0 atom stereocenters. The van der Waals surface area contributed by atoms with Gasteiger partial charge in [0.15, 0.2) is 0 Å². The molecule has 0 aliphatic heterocycles. The van der Waals surface area contributed by atoms with E-state index in [0.29, 0.717) is 6.54 Å². The van der Waals surface area contributed by atoms with Gasteiger partial charge in [-0.15, -0.1) is 11.3 Å². The highest BCUT2D eigenvalue weighted by molar-refractivity contribution is 7.12. The molecule has 3 heteroatoms. The van der Waals surface area contributed by atoms with Crippen molar-refractivity contribution in [1.29, 1.82) is 0 Å². The standard InChI is InChI=1S/C13H16N2S/c1-2-10-3-4-11(15-9-10)7-12-5-6-13(8-14)16-12/h3-6,9H,2,7-8,14H2,1H3. The Morgan fingerprint density at radius 1 is 1.19 bits per heavy atom. The fourth-order valence-electron chi connectivity index (χ4n) is 1.57. The van der Waals surface area contributed by atoms with Crippen LogP contribution in [0.4, 0.5) is 0 Å². The molecule has 0 spiro atoms. The lowest BCUT2D eigenvalue weighted by Gasteiger charge is -1.99. The molecule has 2 aromatic heterocycles. The van der Waals surface area contributed by atoms with Crippen LogP contribution in [0, 0.1) is 0 Å². The first-order valence-corrected chi connectivity index (χ1v) is 6.35. The number of rotatable bonds is 4. The van der Waals surface area contributed by atoms with Crippen molar-refractivity contribution in [2.24, 2.45) is 5.73 Å². The molecule has 0 radical (unpaired) electrons. The van der Waals surface area contributed by atoms with Crippen LogP contribution in [0.5, 0.6) is 0 Å². The third-order valence-corrected chi connectivity index (χ3v) is 3.68. The van der Waals surface area contributed by atoms with E-state index in [4.69, 9.17) is 5.73 Å². The molecule has 2 rings (SSSR count). The van der Waals surface area contributed by atoms with Gasteiger partial charge in [-0.3, -0.25) is 4.98 Å². The van der Waals surface area contributed by atoms with Crippen LogP contribution in [0.1, 0.15) is 27.9 Å². The summed E-state index contributed by atoms with van der Waals surface area (Å²) in [4.78, 5) is 7.02. The van der Waals surface area contributed by atoms with Gasteiger partial charge >= 0.3 is 0 Å². The predicted molar refractivity (Wildman–Crippen MR) is 68.6 cm³/mol. The van der Waals surface area contributed by atoms with Crippen molar-refractivity contribution < 1.29 is 0 Å². The SMILES string of the molecule is CCc1ccc(Cc2ccc(CN)s2)nc1.